The molecule has 130 valence electrons. The van der Waals surface area contributed by atoms with Crippen LogP contribution in [0.25, 0.3) is 0 Å². The third-order valence-electron chi connectivity index (χ3n) is 5.51. The third-order valence-corrected chi connectivity index (χ3v) is 5.51. The minimum absolute atomic E-state index is 0.00771. The molecule has 3 rings (SSSR count). The molecule has 2 fully saturated rings. The average Bonchev–Trinajstić information content (AvgIpc) is 2.63. The number of amides is 2. The van der Waals surface area contributed by atoms with Gasteiger partial charge in [0.2, 0.25) is 11.8 Å². The Balaban J connectivity index is 1.49. The molecule has 4 heteroatoms. The lowest BCUT2D eigenvalue weighted by Gasteiger charge is -2.37. The lowest BCUT2D eigenvalue weighted by Crippen LogP contribution is -2.48. The molecule has 1 aromatic rings. The molecule has 1 unspecified atom stereocenters. The molecular weight excluding hydrogens is 300 g/mol. The van der Waals surface area contributed by atoms with Crippen molar-refractivity contribution < 1.29 is 9.59 Å². The molecule has 2 heterocycles. The van der Waals surface area contributed by atoms with Gasteiger partial charge in [0, 0.05) is 33.1 Å². The van der Waals surface area contributed by atoms with Crippen LogP contribution in [0.15, 0.2) is 30.3 Å². The number of hydrogen-bond donors (Lipinski definition) is 0. The van der Waals surface area contributed by atoms with Gasteiger partial charge in [0.1, 0.15) is 0 Å². The Bertz CT molecular complexity index is 564. The van der Waals surface area contributed by atoms with E-state index in [-0.39, 0.29) is 17.7 Å². The van der Waals surface area contributed by atoms with Crippen molar-refractivity contribution in [2.45, 2.75) is 39.0 Å². The van der Waals surface area contributed by atoms with Gasteiger partial charge in [-0.3, -0.25) is 9.59 Å². The molecule has 2 amide bonds. The Labute approximate surface area is 144 Å². The second-order valence-electron chi connectivity index (χ2n) is 7.26. The number of rotatable bonds is 3. The zero-order chi connectivity index (χ0) is 16.9. The predicted molar refractivity (Wildman–Crippen MR) is 94.4 cm³/mol. The van der Waals surface area contributed by atoms with Crippen LogP contribution >= 0.6 is 0 Å². The van der Waals surface area contributed by atoms with Gasteiger partial charge < -0.3 is 9.80 Å². The van der Waals surface area contributed by atoms with Crippen molar-refractivity contribution in [3.8, 4) is 0 Å². The third kappa shape index (κ3) is 4.16. The fourth-order valence-electron chi connectivity index (χ4n) is 4.03. The summed E-state index contributed by atoms with van der Waals surface area (Å²) in [6.45, 7) is 4.75. The maximum Gasteiger partial charge on any atom is 0.227 e. The van der Waals surface area contributed by atoms with Crippen molar-refractivity contribution >= 4 is 11.8 Å². The molecular formula is C20H28N2O2. The average molecular weight is 328 g/mol. The Kier molecular flexibility index (Phi) is 5.54. The van der Waals surface area contributed by atoms with E-state index in [4.69, 9.17) is 0 Å². The van der Waals surface area contributed by atoms with Crippen LogP contribution < -0.4 is 0 Å². The first-order valence-corrected chi connectivity index (χ1v) is 9.21. The predicted octanol–water partition coefficient (Wildman–Crippen LogP) is 2.73. The molecule has 0 bridgehead atoms. The van der Waals surface area contributed by atoms with Crippen molar-refractivity contribution in [1.29, 1.82) is 0 Å². The summed E-state index contributed by atoms with van der Waals surface area (Å²) < 4.78 is 0. The van der Waals surface area contributed by atoms with E-state index in [1.54, 1.807) is 6.92 Å². The molecule has 0 aliphatic carbocycles. The summed E-state index contributed by atoms with van der Waals surface area (Å²) in [6, 6.07) is 10.6. The Morgan fingerprint density at radius 1 is 1.00 bits per heavy atom. The highest BCUT2D eigenvalue weighted by Gasteiger charge is 2.32. The fourth-order valence-corrected chi connectivity index (χ4v) is 4.03. The summed E-state index contributed by atoms with van der Waals surface area (Å²) >= 11 is 0. The second kappa shape index (κ2) is 7.82. The summed E-state index contributed by atoms with van der Waals surface area (Å²) in [6.07, 6.45) is 5.16. The molecule has 24 heavy (non-hydrogen) atoms. The molecule has 4 nitrogen and oxygen atoms in total. The van der Waals surface area contributed by atoms with Crippen LogP contribution in [0.5, 0.6) is 0 Å². The number of hydrogen-bond acceptors (Lipinski definition) is 2. The number of benzene rings is 1. The first-order valence-electron chi connectivity index (χ1n) is 9.21. The first kappa shape index (κ1) is 17.0. The molecule has 0 aromatic heterocycles. The van der Waals surface area contributed by atoms with Gasteiger partial charge in [-0.1, -0.05) is 30.3 Å². The van der Waals surface area contributed by atoms with Gasteiger partial charge in [0.05, 0.1) is 5.92 Å². The molecule has 2 aliphatic rings. The Morgan fingerprint density at radius 3 is 2.38 bits per heavy atom. The standard InChI is InChI=1S/C20H28N2O2/c1-16(23)22-11-5-8-19(15-22)20(24)21-12-9-18(10-13-21)14-17-6-3-2-4-7-17/h2-4,6-7,18-19H,5,8-15H2,1H3. The summed E-state index contributed by atoms with van der Waals surface area (Å²) in [7, 11) is 0. The summed E-state index contributed by atoms with van der Waals surface area (Å²) in [5, 5.41) is 0. The van der Waals surface area contributed by atoms with Gasteiger partial charge in [-0.05, 0) is 43.6 Å². The Hall–Kier alpha value is -1.84. The van der Waals surface area contributed by atoms with Gasteiger partial charge >= 0.3 is 0 Å². The van der Waals surface area contributed by atoms with Crippen LogP contribution in [0.1, 0.15) is 38.2 Å². The first-order chi connectivity index (χ1) is 11.6. The van der Waals surface area contributed by atoms with E-state index >= 15 is 0 Å². The van der Waals surface area contributed by atoms with E-state index in [1.165, 1.54) is 5.56 Å². The highest BCUT2D eigenvalue weighted by molar-refractivity contribution is 5.81. The maximum absolute atomic E-state index is 12.8. The number of carbonyl (C=O) groups is 2. The lowest BCUT2D eigenvalue weighted by atomic mass is 9.89. The van der Waals surface area contributed by atoms with Crippen LogP contribution in [0, 0.1) is 11.8 Å². The molecule has 2 saturated heterocycles. The number of nitrogens with zero attached hydrogens (tertiary/aromatic N) is 2. The van der Waals surface area contributed by atoms with Crippen molar-refractivity contribution in [2.75, 3.05) is 26.2 Å². The number of piperidine rings is 2. The zero-order valence-corrected chi connectivity index (χ0v) is 14.6. The van der Waals surface area contributed by atoms with E-state index in [9.17, 15) is 9.59 Å². The molecule has 0 saturated carbocycles. The Morgan fingerprint density at radius 2 is 1.71 bits per heavy atom. The lowest BCUT2D eigenvalue weighted by molar-refractivity contribution is -0.141. The smallest absolute Gasteiger partial charge is 0.227 e. The topological polar surface area (TPSA) is 40.6 Å². The van der Waals surface area contributed by atoms with E-state index in [1.807, 2.05) is 9.80 Å². The fraction of sp³-hybridized carbons (Fsp3) is 0.600. The van der Waals surface area contributed by atoms with Crippen LogP contribution in [0.4, 0.5) is 0 Å². The van der Waals surface area contributed by atoms with E-state index < -0.39 is 0 Å². The van der Waals surface area contributed by atoms with Gasteiger partial charge in [0.15, 0.2) is 0 Å². The van der Waals surface area contributed by atoms with Gasteiger partial charge in [-0.25, -0.2) is 0 Å². The second-order valence-corrected chi connectivity index (χ2v) is 7.26. The minimum Gasteiger partial charge on any atom is -0.342 e. The quantitative estimate of drug-likeness (QED) is 0.856. The van der Waals surface area contributed by atoms with Crippen molar-refractivity contribution in [3.63, 3.8) is 0 Å². The minimum atomic E-state index is 0.00771. The van der Waals surface area contributed by atoms with Gasteiger partial charge in [-0.2, -0.15) is 0 Å². The summed E-state index contributed by atoms with van der Waals surface area (Å²) in [5.41, 5.74) is 1.40. The van der Waals surface area contributed by atoms with Crippen molar-refractivity contribution in [2.24, 2.45) is 11.8 Å². The normalized spacial score (nSPS) is 22.5. The molecule has 0 spiro atoms. The van der Waals surface area contributed by atoms with E-state index in [0.29, 0.717) is 12.5 Å². The monoisotopic (exact) mass is 328 g/mol. The van der Waals surface area contributed by atoms with Crippen LogP contribution in [-0.4, -0.2) is 47.8 Å². The molecule has 0 radical (unpaired) electrons. The number of carbonyl (C=O) groups excluding carboxylic acids is 2. The highest BCUT2D eigenvalue weighted by atomic mass is 16.2. The zero-order valence-electron chi connectivity index (χ0n) is 14.6. The van der Waals surface area contributed by atoms with Gasteiger partial charge in [-0.15, -0.1) is 0 Å². The van der Waals surface area contributed by atoms with Crippen molar-refractivity contribution in [3.05, 3.63) is 35.9 Å². The maximum atomic E-state index is 12.8. The molecule has 1 aromatic carbocycles. The van der Waals surface area contributed by atoms with Crippen LogP contribution in [-0.2, 0) is 16.0 Å². The van der Waals surface area contributed by atoms with Gasteiger partial charge in [0.25, 0.3) is 0 Å². The highest BCUT2D eigenvalue weighted by Crippen LogP contribution is 2.25. The summed E-state index contributed by atoms with van der Waals surface area (Å²) in [5.74, 6) is 1.04. The van der Waals surface area contributed by atoms with E-state index in [0.717, 1.165) is 51.7 Å². The summed E-state index contributed by atoms with van der Waals surface area (Å²) in [4.78, 5) is 28.2. The molecule has 0 N–H and O–H groups in total. The largest absolute Gasteiger partial charge is 0.342 e. The van der Waals surface area contributed by atoms with Crippen LogP contribution in [0.3, 0.4) is 0 Å². The van der Waals surface area contributed by atoms with Crippen molar-refractivity contribution in [1.82, 2.24) is 9.80 Å². The molecule has 2 aliphatic heterocycles. The molecule has 1 atom stereocenters. The number of likely N-dealkylation sites (tertiary alicyclic amines) is 2. The SMILES string of the molecule is CC(=O)N1CCCC(C(=O)N2CCC(Cc3ccccc3)CC2)C1. The van der Waals surface area contributed by atoms with E-state index in [2.05, 4.69) is 30.3 Å². The van der Waals surface area contributed by atoms with Crippen LogP contribution in [0.2, 0.25) is 0 Å².